The molecule has 0 saturated carbocycles. The second-order valence-electron chi connectivity index (χ2n) is 4.96. The van der Waals surface area contributed by atoms with Crippen LogP contribution < -0.4 is 5.73 Å². The molecule has 96 valence electrons. The monoisotopic (exact) mass is 263 g/mol. The number of imidazole rings is 1. The highest BCUT2D eigenvalue weighted by Crippen LogP contribution is 2.29. The summed E-state index contributed by atoms with van der Waals surface area (Å²) in [7, 11) is 1.87. The summed E-state index contributed by atoms with van der Waals surface area (Å²) in [6, 6.07) is 8.41. The van der Waals surface area contributed by atoms with Gasteiger partial charge in [-0.15, -0.1) is 0 Å². The molecule has 2 N–H and O–H groups in total. The van der Waals surface area contributed by atoms with E-state index in [2.05, 4.69) is 43.1 Å². The second-order valence-corrected chi connectivity index (χ2v) is 5.32. The van der Waals surface area contributed by atoms with Crippen molar-refractivity contribution >= 4 is 17.5 Å². The molecule has 1 heterocycles. The van der Waals surface area contributed by atoms with Gasteiger partial charge < -0.3 is 10.3 Å². The molecule has 0 fully saturated rings. The van der Waals surface area contributed by atoms with E-state index in [1.807, 2.05) is 7.05 Å². The van der Waals surface area contributed by atoms with E-state index in [-0.39, 0.29) is 0 Å². The minimum absolute atomic E-state index is 0.432. The van der Waals surface area contributed by atoms with Gasteiger partial charge in [-0.25, -0.2) is 4.98 Å². The molecule has 18 heavy (non-hydrogen) atoms. The number of nitrogens with zero attached hydrogens (tertiary/aromatic N) is 2. The van der Waals surface area contributed by atoms with Crippen LogP contribution in [0.25, 0.3) is 11.3 Å². The highest BCUT2D eigenvalue weighted by atomic mass is 35.5. The molecule has 0 radical (unpaired) electrons. The van der Waals surface area contributed by atoms with Gasteiger partial charge in [0.05, 0.1) is 5.69 Å². The molecule has 2 rings (SSSR count). The average Bonchev–Trinajstić information content (AvgIpc) is 2.54. The Bertz CT molecular complexity index is 541. The SMILES string of the molecule is CC(C)Cc1ccc(-c2c(Cl)nc(N)n2C)cc1. The third-order valence-corrected chi connectivity index (χ3v) is 3.22. The molecule has 0 aliphatic rings. The Balaban J connectivity index is 2.34. The van der Waals surface area contributed by atoms with Crippen molar-refractivity contribution in [1.82, 2.24) is 9.55 Å². The summed E-state index contributed by atoms with van der Waals surface area (Å²) in [4.78, 5) is 4.06. The summed E-state index contributed by atoms with van der Waals surface area (Å²) in [5, 5.41) is 0.451. The Morgan fingerprint density at radius 1 is 1.28 bits per heavy atom. The molecule has 0 unspecified atom stereocenters. The number of aromatic nitrogens is 2. The fraction of sp³-hybridized carbons (Fsp3) is 0.357. The van der Waals surface area contributed by atoms with Crippen LogP contribution in [0.2, 0.25) is 5.15 Å². The molecule has 0 saturated heterocycles. The first-order chi connectivity index (χ1) is 8.49. The average molecular weight is 264 g/mol. The van der Waals surface area contributed by atoms with Crippen LogP contribution in [0.3, 0.4) is 0 Å². The van der Waals surface area contributed by atoms with Crippen molar-refractivity contribution in [3.05, 3.63) is 35.0 Å². The van der Waals surface area contributed by atoms with Crippen molar-refractivity contribution in [2.24, 2.45) is 13.0 Å². The molecule has 1 aromatic carbocycles. The van der Waals surface area contributed by atoms with Gasteiger partial charge in [0.25, 0.3) is 0 Å². The van der Waals surface area contributed by atoms with Crippen LogP contribution in [0.4, 0.5) is 5.95 Å². The summed E-state index contributed by atoms with van der Waals surface area (Å²) in [6.45, 7) is 4.43. The molecule has 0 amide bonds. The van der Waals surface area contributed by atoms with Crippen molar-refractivity contribution in [1.29, 1.82) is 0 Å². The molecule has 2 aromatic rings. The van der Waals surface area contributed by atoms with Crippen LogP contribution >= 0.6 is 11.6 Å². The Morgan fingerprint density at radius 2 is 1.89 bits per heavy atom. The van der Waals surface area contributed by atoms with E-state index >= 15 is 0 Å². The number of halogens is 1. The molecular formula is C14H18ClN3. The minimum atomic E-state index is 0.432. The quantitative estimate of drug-likeness (QED) is 0.921. The summed E-state index contributed by atoms with van der Waals surface area (Å²) >= 11 is 6.10. The summed E-state index contributed by atoms with van der Waals surface area (Å²) in [5.41, 5.74) is 8.98. The standard InChI is InChI=1S/C14H18ClN3/c1-9(2)8-10-4-6-11(7-5-10)12-13(15)17-14(16)18(12)3/h4-7,9H,8H2,1-3H3,(H2,16,17). The first-order valence-corrected chi connectivity index (χ1v) is 6.44. The molecule has 3 nitrogen and oxygen atoms in total. The fourth-order valence-corrected chi connectivity index (χ4v) is 2.39. The molecule has 1 aromatic heterocycles. The van der Waals surface area contributed by atoms with Crippen molar-refractivity contribution < 1.29 is 0 Å². The van der Waals surface area contributed by atoms with Crippen LogP contribution in [0.15, 0.2) is 24.3 Å². The molecule has 0 atom stereocenters. The van der Waals surface area contributed by atoms with Crippen LogP contribution in [0.1, 0.15) is 19.4 Å². The van der Waals surface area contributed by atoms with Crippen molar-refractivity contribution in [2.45, 2.75) is 20.3 Å². The van der Waals surface area contributed by atoms with E-state index in [1.165, 1.54) is 5.56 Å². The molecule has 0 aliphatic heterocycles. The Labute approximate surface area is 113 Å². The van der Waals surface area contributed by atoms with Crippen molar-refractivity contribution in [3.8, 4) is 11.3 Å². The highest BCUT2D eigenvalue weighted by Gasteiger charge is 2.12. The van der Waals surface area contributed by atoms with E-state index in [9.17, 15) is 0 Å². The lowest BCUT2D eigenvalue weighted by Crippen LogP contribution is -1.99. The van der Waals surface area contributed by atoms with Gasteiger partial charge >= 0.3 is 0 Å². The third-order valence-electron chi connectivity index (χ3n) is 2.96. The summed E-state index contributed by atoms with van der Waals surface area (Å²) in [6.07, 6.45) is 1.08. The first kappa shape index (κ1) is 13.0. The molecule has 0 bridgehead atoms. The van der Waals surface area contributed by atoms with Gasteiger partial charge in [0.1, 0.15) is 0 Å². The third kappa shape index (κ3) is 2.51. The normalized spacial score (nSPS) is 11.2. The van der Waals surface area contributed by atoms with E-state index < -0.39 is 0 Å². The van der Waals surface area contributed by atoms with Gasteiger partial charge in [-0.1, -0.05) is 49.7 Å². The lowest BCUT2D eigenvalue weighted by Gasteiger charge is -2.07. The maximum atomic E-state index is 6.10. The Morgan fingerprint density at radius 3 is 2.33 bits per heavy atom. The van der Waals surface area contributed by atoms with Gasteiger partial charge in [0, 0.05) is 12.6 Å². The molecule has 0 spiro atoms. The maximum Gasteiger partial charge on any atom is 0.201 e. The van der Waals surface area contributed by atoms with Crippen LogP contribution in [0.5, 0.6) is 0 Å². The minimum Gasteiger partial charge on any atom is -0.369 e. The number of benzene rings is 1. The lowest BCUT2D eigenvalue weighted by atomic mass is 10.0. The Hall–Kier alpha value is -1.48. The number of hydrogen-bond acceptors (Lipinski definition) is 2. The van der Waals surface area contributed by atoms with Crippen LogP contribution in [-0.4, -0.2) is 9.55 Å². The zero-order valence-electron chi connectivity index (χ0n) is 10.9. The lowest BCUT2D eigenvalue weighted by molar-refractivity contribution is 0.647. The van der Waals surface area contributed by atoms with Gasteiger partial charge in [0.15, 0.2) is 5.15 Å². The van der Waals surface area contributed by atoms with Gasteiger partial charge in [-0.3, -0.25) is 0 Å². The van der Waals surface area contributed by atoms with E-state index in [0.29, 0.717) is 17.0 Å². The number of rotatable bonds is 3. The zero-order valence-corrected chi connectivity index (χ0v) is 11.7. The van der Waals surface area contributed by atoms with Crippen LogP contribution in [-0.2, 0) is 13.5 Å². The molecule has 4 heteroatoms. The maximum absolute atomic E-state index is 6.10. The topological polar surface area (TPSA) is 43.8 Å². The zero-order chi connectivity index (χ0) is 13.3. The van der Waals surface area contributed by atoms with E-state index in [1.54, 1.807) is 4.57 Å². The van der Waals surface area contributed by atoms with Gasteiger partial charge in [-0.2, -0.15) is 0 Å². The van der Waals surface area contributed by atoms with Crippen molar-refractivity contribution in [3.63, 3.8) is 0 Å². The van der Waals surface area contributed by atoms with Gasteiger partial charge in [0.2, 0.25) is 5.95 Å². The summed E-state index contributed by atoms with van der Waals surface area (Å²) < 4.78 is 1.81. The molecule has 0 aliphatic carbocycles. The predicted octanol–water partition coefficient (Wildman–Crippen LogP) is 3.52. The first-order valence-electron chi connectivity index (χ1n) is 6.06. The number of nitrogens with two attached hydrogens (primary N) is 1. The smallest absolute Gasteiger partial charge is 0.201 e. The Kier molecular flexibility index (Phi) is 3.62. The second kappa shape index (κ2) is 5.02. The van der Waals surface area contributed by atoms with E-state index in [4.69, 9.17) is 17.3 Å². The van der Waals surface area contributed by atoms with Gasteiger partial charge in [-0.05, 0) is 17.9 Å². The number of anilines is 1. The highest BCUT2D eigenvalue weighted by molar-refractivity contribution is 6.32. The number of hydrogen-bond donors (Lipinski definition) is 1. The summed E-state index contributed by atoms with van der Waals surface area (Å²) in [5.74, 6) is 1.09. The predicted molar refractivity (Wildman–Crippen MR) is 76.6 cm³/mol. The molecular weight excluding hydrogens is 246 g/mol. The fourth-order valence-electron chi connectivity index (χ4n) is 2.06. The largest absolute Gasteiger partial charge is 0.369 e. The van der Waals surface area contributed by atoms with E-state index in [0.717, 1.165) is 17.7 Å². The van der Waals surface area contributed by atoms with Crippen LogP contribution in [0, 0.1) is 5.92 Å². The number of nitrogen functional groups attached to an aromatic ring is 1. The van der Waals surface area contributed by atoms with Crippen molar-refractivity contribution in [2.75, 3.05) is 5.73 Å².